The summed E-state index contributed by atoms with van der Waals surface area (Å²) in [6, 6.07) is 9.60. The standard InChI is InChI=1S/C14H15N3O2/c15-9-11-3-4-12(17-16-11)10-2-5-13-14(8-10)19-7-1-6-18-13/h2-5,8H,1,6-7,9,15H2. The first kappa shape index (κ1) is 11.9. The van der Waals surface area contributed by atoms with Gasteiger partial charge in [0.2, 0.25) is 0 Å². The van der Waals surface area contributed by atoms with Gasteiger partial charge in [0.05, 0.1) is 24.6 Å². The highest BCUT2D eigenvalue weighted by molar-refractivity contribution is 5.63. The number of hydrogen-bond donors (Lipinski definition) is 1. The summed E-state index contributed by atoms with van der Waals surface area (Å²) in [5.41, 5.74) is 8.04. The van der Waals surface area contributed by atoms with E-state index in [1.165, 1.54) is 0 Å². The second kappa shape index (κ2) is 5.24. The molecular weight excluding hydrogens is 242 g/mol. The van der Waals surface area contributed by atoms with E-state index in [4.69, 9.17) is 15.2 Å². The number of fused-ring (bicyclic) bond motifs is 1. The van der Waals surface area contributed by atoms with Gasteiger partial charge in [-0.3, -0.25) is 0 Å². The van der Waals surface area contributed by atoms with Crippen LogP contribution < -0.4 is 15.2 Å². The second-order valence-corrected chi connectivity index (χ2v) is 4.33. The molecule has 1 aromatic heterocycles. The van der Waals surface area contributed by atoms with E-state index >= 15 is 0 Å². The molecule has 0 amide bonds. The van der Waals surface area contributed by atoms with Crippen molar-refractivity contribution in [2.45, 2.75) is 13.0 Å². The van der Waals surface area contributed by atoms with E-state index in [2.05, 4.69) is 10.2 Å². The molecule has 0 spiro atoms. The smallest absolute Gasteiger partial charge is 0.161 e. The zero-order valence-corrected chi connectivity index (χ0v) is 10.5. The largest absolute Gasteiger partial charge is 0.490 e. The van der Waals surface area contributed by atoms with Crippen molar-refractivity contribution in [3.63, 3.8) is 0 Å². The summed E-state index contributed by atoms with van der Waals surface area (Å²) in [6.07, 6.45) is 0.898. The van der Waals surface area contributed by atoms with Gasteiger partial charge in [0, 0.05) is 18.5 Å². The van der Waals surface area contributed by atoms with Crippen LogP contribution in [-0.2, 0) is 6.54 Å². The molecule has 0 saturated carbocycles. The SMILES string of the molecule is NCc1ccc(-c2ccc3c(c2)OCCCO3)nn1. The third-order valence-corrected chi connectivity index (χ3v) is 2.97. The molecule has 0 unspecified atom stereocenters. The van der Waals surface area contributed by atoms with Crippen molar-refractivity contribution in [3.8, 4) is 22.8 Å². The van der Waals surface area contributed by atoms with Crippen LogP contribution >= 0.6 is 0 Å². The fraction of sp³-hybridized carbons (Fsp3) is 0.286. The average Bonchev–Trinajstić information content (AvgIpc) is 2.72. The lowest BCUT2D eigenvalue weighted by molar-refractivity contribution is 0.297. The Balaban J connectivity index is 1.94. The summed E-state index contributed by atoms with van der Waals surface area (Å²) in [5.74, 6) is 1.55. The Hall–Kier alpha value is -2.14. The van der Waals surface area contributed by atoms with Crippen molar-refractivity contribution in [1.29, 1.82) is 0 Å². The van der Waals surface area contributed by atoms with Gasteiger partial charge in [0.25, 0.3) is 0 Å². The molecule has 1 aromatic carbocycles. The van der Waals surface area contributed by atoms with E-state index in [1.54, 1.807) is 0 Å². The van der Waals surface area contributed by atoms with E-state index in [1.807, 2.05) is 30.3 Å². The molecule has 0 radical (unpaired) electrons. The predicted octanol–water partition coefficient (Wildman–Crippen LogP) is 1.76. The second-order valence-electron chi connectivity index (χ2n) is 4.33. The molecule has 0 atom stereocenters. The highest BCUT2D eigenvalue weighted by Gasteiger charge is 2.12. The molecule has 2 N–H and O–H groups in total. The van der Waals surface area contributed by atoms with Crippen molar-refractivity contribution < 1.29 is 9.47 Å². The summed E-state index contributed by atoms with van der Waals surface area (Å²) in [6.45, 7) is 1.76. The number of ether oxygens (including phenoxy) is 2. The van der Waals surface area contributed by atoms with Crippen LogP contribution in [-0.4, -0.2) is 23.4 Å². The monoisotopic (exact) mass is 257 g/mol. The van der Waals surface area contributed by atoms with Gasteiger partial charge < -0.3 is 15.2 Å². The van der Waals surface area contributed by atoms with Crippen LogP contribution in [0.4, 0.5) is 0 Å². The molecule has 0 saturated heterocycles. The number of aromatic nitrogens is 2. The molecule has 1 aliphatic heterocycles. The summed E-state index contributed by atoms with van der Waals surface area (Å²) < 4.78 is 11.3. The Morgan fingerprint density at radius 1 is 1.00 bits per heavy atom. The molecule has 5 heteroatoms. The average molecular weight is 257 g/mol. The van der Waals surface area contributed by atoms with Crippen LogP contribution in [0.15, 0.2) is 30.3 Å². The lowest BCUT2D eigenvalue weighted by Crippen LogP contribution is -2.01. The quantitative estimate of drug-likeness (QED) is 0.887. The Morgan fingerprint density at radius 3 is 2.58 bits per heavy atom. The van der Waals surface area contributed by atoms with Gasteiger partial charge >= 0.3 is 0 Å². The Kier molecular flexibility index (Phi) is 3.29. The summed E-state index contributed by atoms with van der Waals surface area (Å²) in [5, 5.41) is 8.22. The van der Waals surface area contributed by atoms with E-state index in [9.17, 15) is 0 Å². The van der Waals surface area contributed by atoms with Gasteiger partial charge in [-0.25, -0.2) is 0 Å². The lowest BCUT2D eigenvalue weighted by Gasteiger charge is -2.08. The minimum absolute atomic E-state index is 0.397. The third-order valence-electron chi connectivity index (χ3n) is 2.97. The van der Waals surface area contributed by atoms with Crippen LogP contribution in [0.1, 0.15) is 12.1 Å². The number of benzene rings is 1. The van der Waals surface area contributed by atoms with E-state index < -0.39 is 0 Å². The minimum atomic E-state index is 0.397. The fourth-order valence-corrected chi connectivity index (χ4v) is 1.95. The Labute approximate surface area is 111 Å². The molecule has 98 valence electrons. The van der Waals surface area contributed by atoms with Gasteiger partial charge in [-0.1, -0.05) is 0 Å². The van der Waals surface area contributed by atoms with Crippen molar-refractivity contribution >= 4 is 0 Å². The topological polar surface area (TPSA) is 70.3 Å². The van der Waals surface area contributed by atoms with Gasteiger partial charge in [-0.2, -0.15) is 10.2 Å². The maximum Gasteiger partial charge on any atom is 0.161 e. The van der Waals surface area contributed by atoms with Crippen molar-refractivity contribution in [1.82, 2.24) is 10.2 Å². The highest BCUT2D eigenvalue weighted by atomic mass is 16.5. The summed E-state index contributed by atoms with van der Waals surface area (Å²) >= 11 is 0. The lowest BCUT2D eigenvalue weighted by atomic mass is 10.1. The minimum Gasteiger partial charge on any atom is -0.490 e. The van der Waals surface area contributed by atoms with Crippen molar-refractivity contribution in [2.24, 2.45) is 5.73 Å². The highest BCUT2D eigenvalue weighted by Crippen LogP contribution is 2.33. The van der Waals surface area contributed by atoms with E-state index in [-0.39, 0.29) is 0 Å². The molecule has 0 fully saturated rings. The molecule has 3 rings (SSSR count). The first-order valence-electron chi connectivity index (χ1n) is 6.29. The van der Waals surface area contributed by atoms with Crippen LogP contribution in [0.5, 0.6) is 11.5 Å². The fourth-order valence-electron chi connectivity index (χ4n) is 1.95. The number of rotatable bonds is 2. The Morgan fingerprint density at radius 2 is 1.84 bits per heavy atom. The zero-order chi connectivity index (χ0) is 13.1. The summed E-state index contributed by atoms with van der Waals surface area (Å²) in [4.78, 5) is 0. The van der Waals surface area contributed by atoms with Gasteiger partial charge in [0.15, 0.2) is 11.5 Å². The normalized spacial score (nSPS) is 13.9. The van der Waals surface area contributed by atoms with Gasteiger partial charge in [-0.05, 0) is 30.3 Å². The summed E-state index contributed by atoms with van der Waals surface area (Å²) in [7, 11) is 0. The number of nitrogens with two attached hydrogens (primary N) is 1. The molecule has 2 aromatic rings. The molecule has 19 heavy (non-hydrogen) atoms. The van der Waals surface area contributed by atoms with Crippen LogP contribution in [0, 0.1) is 0 Å². The molecule has 0 bridgehead atoms. The molecule has 0 aliphatic carbocycles. The first-order valence-corrected chi connectivity index (χ1v) is 6.29. The third kappa shape index (κ3) is 2.51. The molecule has 1 aliphatic rings. The van der Waals surface area contributed by atoms with Gasteiger partial charge in [-0.15, -0.1) is 0 Å². The zero-order valence-electron chi connectivity index (χ0n) is 10.5. The Bertz CT molecular complexity index is 569. The number of hydrogen-bond acceptors (Lipinski definition) is 5. The van der Waals surface area contributed by atoms with Crippen LogP contribution in [0.3, 0.4) is 0 Å². The van der Waals surface area contributed by atoms with E-state index in [0.29, 0.717) is 19.8 Å². The molecule has 2 heterocycles. The van der Waals surface area contributed by atoms with Crippen molar-refractivity contribution in [2.75, 3.05) is 13.2 Å². The van der Waals surface area contributed by atoms with Crippen LogP contribution in [0.2, 0.25) is 0 Å². The maximum absolute atomic E-state index is 5.66. The molecular formula is C14H15N3O2. The first-order chi connectivity index (χ1) is 9.36. The van der Waals surface area contributed by atoms with E-state index in [0.717, 1.165) is 34.9 Å². The predicted molar refractivity (Wildman–Crippen MR) is 71.0 cm³/mol. The van der Waals surface area contributed by atoms with Crippen molar-refractivity contribution in [3.05, 3.63) is 36.0 Å². The maximum atomic E-state index is 5.66. The number of nitrogens with zero attached hydrogens (tertiary/aromatic N) is 2. The molecule has 5 nitrogen and oxygen atoms in total. The van der Waals surface area contributed by atoms with Gasteiger partial charge in [0.1, 0.15) is 0 Å². The van der Waals surface area contributed by atoms with Crippen LogP contribution in [0.25, 0.3) is 11.3 Å².